The number of carbonyl (C=O) groups excluding carboxylic acids is 3. The van der Waals surface area contributed by atoms with Crippen molar-refractivity contribution in [1.82, 2.24) is 20.8 Å². The maximum atomic E-state index is 12.2. The molecule has 1 aromatic heterocycles. The second-order valence-electron chi connectivity index (χ2n) is 8.78. The Morgan fingerprint density at radius 3 is 2.37 bits per heavy atom. The lowest BCUT2D eigenvalue weighted by Gasteiger charge is -2.22. The van der Waals surface area contributed by atoms with Crippen molar-refractivity contribution in [1.29, 1.82) is 0 Å². The van der Waals surface area contributed by atoms with Crippen molar-refractivity contribution in [2.24, 2.45) is 5.73 Å². The molecule has 2 rings (SSSR count). The highest BCUT2D eigenvalue weighted by atomic mass is 16.6. The number of amides is 3. The number of hydrogen-bond donors (Lipinski definition) is 3. The number of nitrogens with zero attached hydrogens (tertiary/aromatic N) is 3. The van der Waals surface area contributed by atoms with Crippen molar-refractivity contribution in [3.8, 4) is 5.75 Å². The number of nitrogens with one attached hydrogen (secondary N) is 2. The lowest BCUT2D eigenvalue weighted by molar-refractivity contribution is -0.384. The number of nitrogens with two attached hydrogens (primary N) is 1. The zero-order valence-electron chi connectivity index (χ0n) is 22.0. The Kier molecular flexibility index (Phi) is 13.2. The molecule has 0 aliphatic rings. The van der Waals surface area contributed by atoms with E-state index in [1.807, 2.05) is 6.92 Å². The molecule has 210 valence electrons. The topological polar surface area (TPSA) is 211 Å². The van der Waals surface area contributed by atoms with Gasteiger partial charge in [0.25, 0.3) is 5.69 Å². The Hall–Kier alpha value is -4.27. The van der Waals surface area contributed by atoms with Crippen LogP contribution >= 0.6 is 0 Å². The molecule has 0 radical (unpaired) electrons. The summed E-state index contributed by atoms with van der Waals surface area (Å²) in [6.45, 7) is 9.03. The predicted octanol–water partition coefficient (Wildman–Crippen LogP) is 3.14. The van der Waals surface area contributed by atoms with Gasteiger partial charge in [-0.1, -0.05) is 18.5 Å². The molecular weight excluding hydrogens is 504 g/mol. The van der Waals surface area contributed by atoms with E-state index < -0.39 is 28.8 Å². The van der Waals surface area contributed by atoms with E-state index in [1.54, 1.807) is 20.8 Å². The fourth-order valence-electron chi connectivity index (χ4n) is 2.49. The number of hydrogen-bond acceptors (Lipinski definition) is 11. The SMILES string of the molecule is CC(N)=O.CCCCOCC(NC(=O)OC(C)(C)C)c1noc(CNC(=O)Oc2ccc([N+](=O)[O-])cc2)n1. The van der Waals surface area contributed by atoms with Gasteiger partial charge >= 0.3 is 12.2 Å². The number of alkyl carbamates (subject to hydrolysis) is 1. The molecule has 15 nitrogen and oxygen atoms in total. The quantitative estimate of drug-likeness (QED) is 0.215. The van der Waals surface area contributed by atoms with E-state index in [0.29, 0.717) is 6.61 Å². The fraction of sp³-hybridized carbons (Fsp3) is 0.522. The molecule has 1 heterocycles. The van der Waals surface area contributed by atoms with Gasteiger partial charge in [-0.2, -0.15) is 4.98 Å². The van der Waals surface area contributed by atoms with E-state index in [2.05, 4.69) is 26.5 Å². The predicted molar refractivity (Wildman–Crippen MR) is 133 cm³/mol. The molecule has 0 saturated carbocycles. The van der Waals surface area contributed by atoms with Gasteiger partial charge in [0.15, 0.2) is 5.82 Å². The van der Waals surface area contributed by atoms with Gasteiger partial charge in [-0.15, -0.1) is 0 Å². The molecule has 0 fully saturated rings. The molecule has 0 aliphatic heterocycles. The average molecular weight is 539 g/mol. The van der Waals surface area contributed by atoms with Crippen molar-refractivity contribution in [2.45, 2.75) is 65.6 Å². The van der Waals surface area contributed by atoms with E-state index in [1.165, 1.54) is 31.2 Å². The van der Waals surface area contributed by atoms with Crippen LogP contribution in [0.15, 0.2) is 28.8 Å². The van der Waals surface area contributed by atoms with Crippen LogP contribution in [0.1, 0.15) is 65.2 Å². The second-order valence-corrected chi connectivity index (χ2v) is 8.78. The number of ether oxygens (including phenoxy) is 3. The Morgan fingerprint density at radius 2 is 1.82 bits per heavy atom. The van der Waals surface area contributed by atoms with Gasteiger partial charge in [0.1, 0.15) is 23.9 Å². The molecule has 0 spiro atoms. The van der Waals surface area contributed by atoms with Crippen LogP contribution in [-0.4, -0.2) is 52.0 Å². The van der Waals surface area contributed by atoms with Crippen molar-refractivity contribution < 1.29 is 38.0 Å². The summed E-state index contributed by atoms with van der Waals surface area (Å²) in [6, 6.07) is 4.30. The standard InChI is InChI=1S/C21H29N5O8.C2H5NO/c1-5-6-11-31-13-16(23-20(28)33-21(2,3)4)18-24-17(34-25-18)12-22-19(27)32-15-9-7-14(8-10-15)26(29)30;1-2(3)4/h7-10,16H,5-6,11-13H2,1-4H3,(H,22,27)(H,23,28);1H3,(H2,3,4). The van der Waals surface area contributed by atoms with Crippen LogP contribution in [0.3, 0.4) is 0 Å². The van der Waals surface area contributed by atoms with Crippen LogP contribution in [0.25, 0.3) is 0 Å². The van der Waals surface area contributed by atoms with Crippen LogP contribution in [0, 0.1) is 10.1 Å². The first-order valence-electron chi connectivity index (χ1n) is 11.7. The number of non-ortho nitro benzene ring substituents is 1. The average Bonchev–Trinajstić information content (AvgIpc) is 3.27. The first-order valence-corrected chi connectivity index (χ1v) is 11.7. The zero-order valence-corrected chi connectivity index (χ0v) is 22.0. The second kappa shape index (κ2) is 15.8. The summed E-state index contributed by atoms with van der Waals surface area (Å²) in [5.74, 6) is 0.0169. The van der Waals surface area contributed by atoms with Gasteiger partial charge in [-0.25, -0.2) is 9.59 Å². The molecule has 2 aromatic rings. The van der Waals surface area contributed by atoms with Crippen LogP contribution < -0.4 is 21.1 Å². The molecule has 0 bridgehead atoms. The minimum Gasteiger partial charge on any atom is -0.444 e. The maximum Gasteiger partial charge on any atom is 0.413 e. The van der Waals surface area contributed by atoms with Crippen LogP contribution in [-0.2, 0) is 20.8 Å². The Morgan fingerprint density at radius 1 is 1.18 bits per heavy atom. The Labute approximate surface area is 219 Å². The van der Waals surface area contributed by atoms with Crippen molar-refractivity contribution in [3.05, 3.63) is 46.1 Å². The van der Waals surface area contributed by atoms with E-state index in [4.69, 9.17) is 18.7 Å². The summed E-state index contributed by atoms with van der Waals surface area (Å²) in [5.41, 5.74) is 3.66. The first-order chi connectivity index (χ1) is 17.8. The van der Waals surface area contributed by atoms with Gasteiger partial charge < -0.3 is 35.1 Å². The summed E-state index contributed by atoms with van der Waals surface area (Å²) in [6.07, 6.45) is 0.336. The highest BCUT2D eigenvalue weighted by Gasteiger charge is 2.24. The lowest BCUT2D eigenvalue weighted by atomic mass is 10.2. The van der Waals surface area contributed by atoms with E-state index in [0.717, 1.165) is 12.8 Å². The highest BCUT2D eigenvalue weighted by Crippen LogP contribution is 2.17. The largest absolute Gasteiger partial charge is 0.444 e. The molecule has 3 amide bonds. The molecule has 0 saturated heterocycles. The molecule has 15 heteroatoms. The molecule has 0 aliphatic carbocycles. The van der Waals surface area contributed by atoms with Gasteiger partial charge in [0, 0.05) is 25.7 Å². The third kappa shape index (κ3) is 13.7. The van der Waals surface area contributed by atoms with Gasteiger partial charge in [0.2, 0.25) is 11.8 Å². The van der Waals surface area contributed by atoms with Gasteiger partial charge in [-0.05, 0) is 39.3 Å². The van der Waals surface area contributed by atoms with E-state index in [-0.39, 0.29) is 42.2 Å². The number of primary amides is 1. The highest BCUT2D eigenvalue weighted by molar-refractivity contribution is 5.70. The van der Waals surface area contributed by atoms with E-state index >= 15 is 0 Å². The summed E-state index contributed by atoms with van der Waals surface area (Å²) in [5, 5.41) is 19.6. The van der Waals surface area contributed by atoms with Gasteiger partial charge in [-0.3, -0.25) is 14.9 Å². The molecule has 1 aromatic carbocycles. The Balaban J connectivity index is 0.00000168. The molecule has 1 atom stereocenters. The van der Waals surface area contributed by atoms with Crippen molar-refractivity contribution >= 4 is 23.8 Å². The normalized spacial score (nSPS) is 11.4. The monoisotopic (exact) mass is 538 g/mol. The number of carbonyl (C=O) groups is 3. The third-order valence-corrected chi connectivity index (χ3v) is 4.06. The number of unbranched alkanes of at least 4 members (excludes halogenated alkanes) is 1. The van der Waals surface area contributed by atoms with Gasteiger partial charge in [0.05, 0.1) is 11.5 Å². The number of benzene rings is 1. The maximum absolute atomic E-state index is 12.2. The van der Waals surface area contributed by atoms with Crippen LogP contribution in [0.2, 0.25) is 0 Å². The number of rotatable bonds is 11. The smallest absolute Gasteiger partial charge is 0.413 e. The molecule has 4 N–H and O–H groups in total. The van der Waals surface area contributed by atoms with Crippen molar-refractivity contribution in [3.63, 3.8) is 0 Å². The number of nitro benzene ring substituents is 1. The molecule has 1 unspecified atom stereocenters. The van der Waals surface area contributed by atoms with Crippen molar-refractivity contribution in [2.75, 3.05) is 13.2 Å². The van der Waals surface area contributed by atoms with Crippen LogP contribution in [0.4, 0.5) is 15.3 Å². The summed E-state index contributed by atoms with van der Waals surface area (Å²) >= 11 is 0. The molecular formula is C23H34N6O9. The minimum atomic E-state index is -0.820. The van der Waals surface area contributed by atoms with E-state index in [9.17, 15) is 24.5 Å². The fourth-order valence-corrected chi connectivity index (χ4v) is 2.49. The van der Waals surface area contributed by atoms with Crippen LogP contribution in [0.5, 0.6) is 5.75 Å². The first kappa shape index (κ1) is 31.8. The summed E-state index contributed by atoms with van der Waals surface area (Å²) < 4.78 is 21.1. The molecule has 38 heavy (non-hydrogen) atoms. The minimum absolute atomic E-state index is 0.0696. The lowest BCUT2D eigenvalue weighted by Crippen LogP contribution is -2.37. The summed E-state index contributed by atoms with van der Waals surface area (Å²) in [4.78, 5) is 47.7. The number of aromatic nitrogens is 2. The zero-order chi connectivity index (χ0) is 28.7. The number of nitro groups is 1. The summed E-state index contributed by atoms with van der Waals surface area (Å²) in [7, 11) is 0. The third-order valence-electron chi connectivity index (χ3n) is 4.06. The Bertz CT molecular complexity index is 1050.